The molecule has 0 aliphatic carbocycles. The van der Waals surface area contributed by atoms with Gasteiger partial charge in [-0.15, -0.1) is 11.8 Å². The highest BCUT2D eigenvalue weighted by Gasteiger charge is 2.14. The smallest absolute Gasteiger partial charge is 0.269 e. The largest absolute Gasteiger partial charge is 0.283 e. The predicted molar refractivity (Wildman–Crippen MR) is 112 cm³/mol. The van der Waals surface area contributed by atoms with Gasteiger partial charge >= 0.3 is 0 Å². The minimum absolute atomic E-state index is 0.132. The molecule has 0 fully saturated rings. The van der Waals surface area contributed by atoms with Crippen molar-refractivity contribution < 1.29 is 13.3 Å². The second kappa shape index (κ2) is 8.90. The number of nitro groups is 1. The molecule has 0 saturated carbocycles. The Morgan fingerprint density at radius 2 is 1.61 bits per heavy atom. The molecule has 0 atom stereocenters. The van der Waals surface area contributed by atoms with E-state index in [0.717, 1.165) is 11.3 Å². The highest BCUT2D eigenvalue weighted by atomic mass is 32.2. The second-order valence-electron chi connectivity index (χ2n) is 6.09. The molecule has 144 valence electrons. The quantitative estimate of drug-likeness (QED) is 0.324. The number of hydrogen-bond acceptors (Lipinski definition) is 5. The number of nitrogens with zero attached hydrogens (tertiary/aromatic N) is 1. The zero-order chi connectivity index (χ0) is 20.0. The van der Waals surface area contributed by atoms with Crippen LogP contribution in [-0.2, 0) is 21.5 Å². The van der Waals surface area contributed by atoms with Crippen LogP contribution in [0.25, 0.3) is 0 Å². The summed E-state index contributed by atoms with van der Waals surface area (Å²) in [6.45, 7) is 0. The van der Waals surface area contributed by atoms with E-state index in [9.17, 15) is 18.5 Å². The summed E-state index contributed by atoms with van der Waals surface area (Å²) in [4.78, 5) is 11.4. The van der Waals surface area contributed by atoms with Crippen molar-refractivity contribution in [3.63, 3.8) is 0 Å². The van der Waals surface area contributed by atoms with Crippen LogP contribution < -0.4 is 4.72 Å². The molecule has 1 N–H and O–H groups in total. The van der Waals surface area contributed by atoms with Gasteiger partial charge in [0.25, 0.3) is 5.69 Å². The highest BCUT2D eigenvalue weighted by molar-refractivity contribution is 7.98. The van der Waals surface area contributed by atoms with Crippen LogP contribution in [0.1, 0.15) is 11.1 Å². The Morgan fingerprint density at radius 3 is 2.29 bits per heavy atom. The van der Waals surface area contributed by atoms with Gasteiger partial charge in [-0.1, -0.05) is 42.5 Å². The lowest BCUT2D eigenvalue weighted by Crippen LogP contribution is -2.15. The number of anilines is 1. The van der Waals surface area contributed by atoms with E-state index < -0.39 is 14.9 Å². The summed E-state index contributed by atoms with van der Waals surface area (Å²) in [5, 5.41) is 10.8. The van der Waals surface area contributed by atoms with Gasteiger partial charge in [-0.05, 0) is 35.4 Å². The molecule has 0 spiro atoms. The third-order valence-corrected chi connectivity index (χ3v) is 6.20. The normalized spacial score (nSPS) is 11.1. The van der Waals surface area contributed by atoms with Gasteiger partial charge in [-0.3, -0.25) is 14.8 Å². The lowest BCUT2D eigenvalue weighted by molar-refractivity contribution is -0.384. The van der Waals surface area contributed by atoms with E-state index in [4.69, 9.17) is 0 Å². The fourth-order valence-corrected chi connectivity index (χ4v) is 4.61. The van der Waals surface area contributed by atoms with E-state index in [1.807, 2.05) is 42.5 Å². The van der Waals surface area contributed by atoms with E-state index >= 15 is 0 Å². The van der Waals surface area contributed by atoms with E-state index in [0.29, 0.717) is 11.3 Å². The molecule has 0 bridgehead atoms. The zero-order valence-corrected chi connectivity index (χ0v) is 16.4. The van der Waals surface area contributed by atoms with Crippen molar-refractivity contribution in [3.05, 3.63) is 100 Å². The van der Waals surface area contributed by atoms with Gasteiger partial charge in [0.15, 0.2) is 0 Å². The van der Waals surface area contributed by atoms with Crippen molar-refractivity contribution in [2.24, 2.45) is 0 Å². The van der Waals surface area contributed by atoms with Gasteiger partial charge in [0, 0.05) is 28.5 Å². The van der Waals surface area contributed by atoms with Crippen molar-refractivity contribution in [1.82, 2.24) is 0 Å². The maximum Gasteiger partial charge on any atom is 0.269 e. The molecule has 0 saturated heterocycles. The van der Waals surface area contributed by atoms with Gasteiger partial charge in [0.1, 0.15) is 0 Å². The van der Waals surface area contributed by atoms with Gasteiger partial charge < -0.3 is 0 Å². The van der Waals surface area contributed by atoms with Crippen LogP contribution in [-0.4, -0.2) is 13.3 Å². The molecule has 0 aliphatic heterocycles. The fraction of sp³-hybridized carbons (Fsp3) is 0.100. The van der Waals surface area contributed by atoms with Crippen LogP contribution in [0.15, 0.2) is 83.8 Å². The summed E-state index contributed by atoms with van der Waals surface area (Å²) < 4.78 is 27.2. The SMILES string of the molecule is O=[N+]([O-])c1cccc(CS(=O)(=O)Nc2ccc(CSc3ccccc3)cc2)c1. The maximum atomic E-state index is 12.4. The van der Waals surface area contributed by atoms with Crippen LogP contribution in [0.2, 0.25) is 0 Å². The number of sulfonamides is 1. The monoisotopic (exact) mass is 414 g/mol. The molecule has 6 nitrogen and oxygen atoms in total. The van der Waals surface area contributed by atoms with Crippen molar-refractivity contribution in [2.75, 3.05) is 4.72 Å². The lowest BCUT2D eigenvalue weighted by atomic mass is 10.2. The number of nitrogens with one attached hydrogen (secondary N) is 1. The standard InChI is InChI=1S/C20H18N2O4S2/c23-22(24)19-6-4-5-17(13-19)15-28(25,26)21-18-11-9-16(10-12-18)14-27-20-7-2-1-3-8-20/h1-13,21H,14-15H2. The number of benzene rings is 3. The third kappa shape index (κ3) is 5.83. The molecule has 0 aliphatic rings. The van der Waals surface area contributed by atoms with Crippen LogP contribution >= 0.6 is 11.8 Å². The number of rotatable bonds is 8. The molecular weight excluding hydrogens is 396 g/mol. The molecule has 3 aromatic carbocycles. The molecule has 28 heavy (non-hydrogen) atoms. The molecule has 0 amide bonds. The number of hydrogen-bond donors (Lipinski definition) is 1. The summed E-state index contributed by atoms with van der Waals surface area (Å²) in [6, 6.07) is 22.8. The minimum Gasteiger partial charge on any atom is -0.283 e. The average Bonchev–Trinajstić information content (AvgIpc) is 2.68. The van der Waals surface area contributed by atoms with Crippen molar-refractivity contribution in [3.8, 4) is 0 Å². The molecular formula is C20H18N2O4S2. The first-order valence-electron chi connectivity index (χ1n) is 8.42. The summed E-state index contributed by atoms with van der Waals surface area (Å²) >= 11 is 1.70. The van der Waals surface area contributed by atoms with Crippen LogP contribution in [0.4, 0.5) is 11.4 Å². The Morgan fingerprint density at radius 1 is 0.893 bits per heavy atom. The number of nitro benzene ring substituents is 1. The first kappa shape index (κ1) is 19.9. The molecule has 8 heteroatoms. The summed E-state index contributed by atoms with van der Waals surface area (Å²) in [7, 11) is -3.68. The first-order chi connectivity index (χ1) is 13.4. The van der Waals surface area contributed by atoms with Gasteiger partial charge in [-0.2, -0.15) is 0 Å². The molecule has 0 radical (unpaired) electrons. The molecule has 0 heterocycles. The summed E-state index contributed by atoms with van der Waals surface area (Å²) in [5.41, 5.74) is 1.76. The van der Waals surface area contributed by atoms with Gasteiger partial charge in [-0.25, -0.2) is 8.42 Å². The second-order valence-corrected chi connectivity index (χ2v) is 8.86. The summed E-state index contributed by atoms with van der Waals surface area (Å²) in [5.74, 6) is 0.449. The molecule has 3 aromatic rings. The van der Waals surface area contributed by atoms with Crippen molar-refractivity contribution in [2.45, 2.75) is 16.4 Å². The van der Waals surface area contributed by atoms with Crippen LogP contribution in [0.3, 0.4) is 0 Å². The molecule has 0 unspecified atom stereocenters. The predicted octanol–water partition coefficient (Wildman–Crippen LogP) is 4.83. The van der Waals surface area contributed by atoms with E-state index in [1.54, 1.807) is 30.0 Å². The Bertz CT molecular complexity index is 1050. The lowest BCUT2D eigenvalue weighted by Gasteiger charge is -2.09. The average molecular weight is 415 g/mol. The van der Waals surface area contributed by atoms with Gasteiger partial charge in [0.05, 0.1) is 10.7 Å². The Kier molecular flexibility index (Phi) is 6.33. The summed E-state index contributed by atoms with van der Waals surface area (Å²) in [6.07, 6.45) is 0. The number of thioether (sulfide) groups is 1. The Hall–Kier alpha value is -2.84. The zero-order valence-electron chi connectivity index (χ0n) is 14.8. The first-order valence-corrected chi connectivity index (χ1v) is 11.1. The molecule has 3 rings (SSSR count). The third-order valence-electron chi connectivity index (χ3n) is 3.85. The topological polar surface area (TPSA) is 89.3 Å². The van der Waals surface area contributed by atoms with E-state index in [1.165, 1.54) is 23.1 Å². The van der Waals surface area contributed by atoms with E-state index in [2.05, 4.69) is 4.72 Å². The van der Waals surface area contributed by atoms with Crippen LogP contribution in [0, 0.1) is 10.1 Å². The van der Waals surface area contributed by atoms with Crippen LogP contribution in [0.5, 0.6) is 0 Å². The van der Waals surface area contributed by atoms with E-state index in [-0.39, 0.29) is 11.4 Å². The molecule has 0 aromatic heterocycles. The fourth-order valence-electron chi connectivity index (χ4n) is 2.55. The van der Waals surface area contributed by atoms with Crippen molar-refractivity contribution >= 4 is 33.2 Å². The maximum absolute atomic E-state index is 12.4. The minimum atomic E-state index is -3.68. The highest BCUT2D eigenvalue weighted by Crippen LogP contribution is 2.23. The van der Waals surface area contributed by atoms with Crippen molar-refractivity contribution in [1.29, 1.82) is 0 Å². The van der Waals surface area contributed by atoms with Gasteiger partial charge in [0.2, 0.25) is 10.0 Å². The Balaban J connectivity index is 1.61. The Labute approximate surface area is 167 Å². The number of non-ortho nitro benzene ring substituents is 1.